The summed E-state index contributed by atoms with van der Waals surface area (Å²) in [5.74, 6) is 1.05. The van der Waals surface area contributed by atoms with Crippen LogP contribution in [0.15, 0.2) is 36.2 Å². The minimum atomic E-state index is 0. The maximum absolute atomic E-state index is 10.5. The van der Waals surface area contributed by atoms with Gasteiger partial charge < -0.3 is 11.1 Å². The minimum Gasteiger partial charge on any atom is -1.00 e. The monoisotopic (exact) mass is 183 g/mol. The summed E-state index contributed by atoms with van der Waals surface area (Å²) in [5, 5.41) is 0. The summed E-state index contributed by atoms with van der Waals surface area (Å²) in [7, 11) is 1.88. The fraction of sp³-hybridized carbons (Fsp3) is 0.100. The fourth-order valence-electron chi connectivity index (χ4n) is 1.30. The van der Waals surface area contributed by atoms with E-state index in [4.69, 9.17) is 4.74 Å². The Balaban J connectivity index is 0.000000980. The van der Waals surface area contributed by atoms with Gasteiger partial charge in [0.1, 0.15) is 0 Å². The molecule has 0 saturated carbocycles. The Hall–Kier alpha value is -1.17. The zero-order valence-corrected chi connectivity index (χ0v) is 8.23. The number of rotatable bonds is 1. The Bertz CT molecular complexity index is 381. The van der Waals surface area contributed by atoms with Gasteiger partial charge in [-0.25, -0.2) is 0 Å². The molecule has 0 atom stereocenters. The molecule has 0 bridgehead atoms. The van der Waals surface area contributed by atoms with E-state index in [0.717, 1.165) is 11.4 Å². The first-order chi connectivity index (χ1) is 6.31. The second-order valence-electron chi connectivity index (χ2n) is 2.83. The zero-order valence-electron chi connectivity index (χ0n) is 9.23. The van der Waals surface area contributed by atoms with Crippen molar-refractivity contribution < 1.29 is 29.8 Å². The molecule has 4 heteroatoms. The second-order valence-corrected chi connectivity index (χ2v) is 2.83. The molecule has 3 nitrogen and oxygen atoms in total. The maximum Gasteiger partial charge on any atom is 1.00 e. The SMILES string of the molecule is CN1C=C(C=O)Oc2ccccc21.[H-].[Li+]. The number of benzene rings is 1. The van der Waals surface area contributed by atoms with Gasteiger partial charge in [0, 0.05) is 7.05 Å². The summed E-state index contributed by atoms with van der Waals surface area (Å²) in [6.07, 6.45) is 2.36. The molecule has 68 valence electrons. The molecule has 1 aromatic rings. The number of ether oxygens (including phenoxy) is 1. The molecule has 0 radical (unpaired) electrons. The smallest absolute Gasteiger partial charge is 1.00 e. The number of carbonyl (C=O) groups is 1. The predicted molar refractivity (Wildman–Crippen MR) is 50.7 cm³/mol. The normalized spacial score (nSPS) is 13.2. The third-order valence-corrected chi connectivity index (χ3v) is 1.91. The van der Waals surface area contributed by atoms with Gasteiger partial charge in [-0.15, -0.1) is 0 Å². The quantitative estimate of drug-likeness (QED) is 0.399. The van der Waals surface area contributed by atoms with Crippen molar-refractivity contribution in [1.29, 1.82) is 0 Å². The Kier molecular flexibility index (Phi) is 3.40. The van der Waals surface area contributed by atoms with Gasteiger partial charge in [0.15, 0.2) is 17.8 Å². The van der Waals surface area contributed by atoms with Gasteiger partial charge in [-0.1, -0.05) is 12.1 Å². The Morgan fingerprint density at radius 1 is 1.43 bits per heavy atom. The Morgan fingerprint density at radius 3 is 2.86 bits per heavy atom. The van der Waals surface area contributed by atoms with Crippen molar-refractivity contribution in [2.45, 2.75) is 0 Å². The summed E-state index contributed by atoms with van der Waals surface area (Å²) in [6, 6.07) is 7.58. The maximum atomic E-state index is 10.5. The number of carbonyl (C=O) groups excluding carboxylic acids is 1. The van der Waals surface area contributed by atoms with Gasteiger partial charge >= 0.3 is 18.9 Å². The molecule has 1 aliphatic rings. The average Bonchev–Trinajstić information content (AvgIpc) is 2.18. The van der Waals surface area contributed by atoms with Gasteiger partial charge in [0.05, 0.1) is 11.9 Å². The van der Waals surface area contributed by atoms with Crippen molar-refractivity contribution >= 4 is 12.0 Å². The van der Waals surface area contributed by atoms with Crippen LogP contribution in [0.25, 0.3) is 0 Å². The van der Waals surface area contributed by atoms with E-state index < -0.39 is 0 Å². The van der Waals surface area contributed by atoms with E-state index in [1.54, 1.807) is 6.20 Å². The molecule has 1 aromatic carbocycles. The van der Waals surface area contributed by atoms with E-state index in [0.29, 0.717) is 12.0 Å². The van der Waals surface area contributed by atoms with Crippen LogP contribution < -0.4 is 28.5 Å². The van der Waals surface area contributed by atoms with Crippen molar-refractivity contribution in [3.05, 3.63) is 36.2 Å². The number of aldehydes is 1. The van der Waals surface area contributed by atoms with Crippen LogP contribution >= 0.6 is 0 Å². The summed E-state index contributed by atoms with van der Waals surface area (Å²) < 4.78 is 5.30. The molecule has 0 fully saturated rings. The number of anilines is 1. The number of fused-ring (bicyclic) bond motifs is 1. The van der Waals surface area contributed by atoms with Gasteiger partial charge in [-0.05, 0) is 12.1 Å². The summed E-state index contributed by atoms with van der Waals surface area (Å²) >= 11 is 0. The molecule has 1 aliphatic heterocycles. The van der Waals surface area contributed by atoms with E-state index >= 15 is 0 Å². The first-order valence-electron chi connectivity index (χ1n) is 3.98. The fourth-order valence-corrected chi connectivity index (χ4v) is 1.30. The van der Waals surface area contributed by atoms with Crippen LogP contribution in [0.1, 0.15) is 1.43 Å². The van der Waals surface area contributed by atoms with Crippen LogP contribution in [0.2, 0.25) is 0 Å². The molecule has 1 heterocycles. The molecular formula is C10H10LiNO2. The topological polar surface area (TPSA) is 29.5 Å². The van der Waals surface area contributed by atoms with Gasteiger partial charge in [-0.2, -0.15) is 0 Å². The summed E-state index contributed by atoms with van der Waals surface area (Å²) in [5.41, 5.74) is 0.966. The third-order valence-electron chi connectivity index (χ3n) is 1.91. The third kappa shape index (κ3) is 1.84. The van der Waals surface area contributed by atoms with E-state index in [1.807, 2.05) is 36.2 Å². The largest absolute Gasteiger partial charge is 1.00 e. The number of hydrogen-bond donors (Lipinski definition) is 0. The van der Waals surface area contributed by atoms with Crippen molar-refractivity contribution in [2.24, 2.45) is 0 Å². The Morgan fingerprint density at radius 2 is 2.14 bits per heavy atom. The van der Waals surface area contributed by atoms with Crippen molar-refractivity contribution in [2.75, 3.05) is 11.9 Å². The van der Waals surface area contributed by atoms with Crippen LogP contribution in [0.4, 0.5) is 5.69 Å². The standard InChI is InChI=1S/C10H9NO2.Li.H/c1-11-6-8(7-12)13-10-5-3-2-4-9(10)11;;/h2-7H,1H3;;/q;+1;-1. The molecule has 2 rings (SSSR count). The first kappa shape index (κ1) is 10.9. The molecule has 0 aromatic heterocycles. The molecule has 0 spiro atoms. The minimum absolute atomic E-state index is 0. The van der Waals surface area contributed by atoms with Crippen molar-refractivity contribution in [3.63, 3.8) is 0 Å². The van der Waals surface area contributed by atoms with Crippen molar-refractivity contribution in [3.8, 4) is 5.75 Å². The van der Waals surface area contributed by atoms with E-state index in [-0.39, 0.29) is 20.3 Å². The molecule has 14 heavy (non-hydrogen) atoms. The summed E-state index contributed by atoms with van der Waals surface area (Å²) in [6.45, 7) is 0. The van der Waals surface area contributed by atoms with Crippen LogP contribution in [0.5, 0.6) is 5.75 Å². The van der Waals surface area contributed by atoms with E-state index in [2.05, 4.69) is 0 Å². The predicted octanol–water partition coefficient (Wildman–Crippen LogP) is -1.33. The number of hydrogen-bond acceptors (Lipinski definition) is 3. The van der Waals surface area contributed by atoms with Crippen LogP contribution in [0.3, 0.4) is 0 Å². The summed E-state index contributed by atoms with van der Waals surface area (Å²) in [4.78, 5) is 12.4. The average molecular weight is 183 g/mol. The molecule has 0 amide bonds. The number of allylic oxidation sites excluding steroid dienone is 1. The number of para-hydroxylation sites is 2. The van der Waals surface area contributed by atoms with Gasteiger partial charge in [-0.3, -0.25) is 4.79 Å². The van der Waals surface area contributed by atoms with Crippen LogP contribution in [-0.2, 0) is 4.79 Å². The molecule has 0 N–H and O–H groups in total. The molecule has 0 saturated heterocycles. The van der Waals surface area contributed by atoms with E-state index in [1.165, 1.54) is 0 Å². The van der Waals surface area contributed by atoms with Gasteiger partial charge in [0.2, 0.25) is 0 Å². The van der Waals surface area contributed by atoms with Crippen LogP contribution in [-0.4, -0.2) is 13.3 Å². The first-order valence-corrected chi connectivity index (χ1v) is 3.98. The second kappa shape index (κ2) is 4.36. The Labute approximate surface area is 96.0 Å². The zero-order chi connectivity index (χ0) is 9.26. The molecule has 0 aliphatic carbocycles. The number of nitrogens with zero attached hydrogens (tertiary/aromatic N) is 1. The van der Waals surface area contributed by atoms with E-state index in [9.17, 15) is 4.79 Å². The van der Waals surface area contributed by atoms with Crippen LogP contribution in [0, 0.1) is 0 Å². The molecule has 0 unspecified atom stereocenters. The van der Waals surface area contributed by atoms with Crippen molar-refractivity contribution in [1.82, 2.24) is 0 Å². The van der Waals surface area contributed by atoms with Gasteiger partial charge in [0.25, 0.3) is 0 Å². The molecular weight excluding hydrogens is 173 g/mol.